The Morgan fingerprint density at radius 2 is 1.57 bits per heavy atom. The van der Waals surface area contributed by atoms with Crippen molar-refractivity contribution >= 4 is 17.3 Å². The van der Waals surface area contributed by atoms with E-state index in [0.29, 0.717) is 0 Å². The first-order valence-corrected chi connectivity index (χ1v) is 7.91. The van der Waals surface area contributed by atoms with Crippen LogP contribution in [0.5, 0.6) is 5.75 Å². The zero-order valence-corrected chi connectivity index (χ0v) is 13.7. The van der Waals surface area contributed by atoms with Gasteiger partial charge in [-0.2, -0.15) is 0 Å². The molecule has 0 radical (unpaired) electrons. The zero-order valence-electron chi connectivity index (χ0n) is 13.7. The molecule has 0 saturated carbocycles. The third kappa shape index (κ3) is 4.74. The average Bonchev–Trinajstić information content (AvgIpc) is 2.59. The summed E-state index contributed by atoms with van der Waals surface area (Å²) in [5.74, 6) is -0.0387. The highest BCUT2D eigenvalue weighted by Crippen LogP contribution is 2.26. The summed E-state index contributed by atoms with van der Waals surface area (Å²) in [6.07, 6.45) is 3.45. The van der Waals surface area contributed by atoms with Crippen LogP contribution in [0.2, 0.25) is 0 Å². The largest absolute Gasteiger partial charge is 0.494 e. The van der Waals surface area contributed by atoms with E-state index in [2.05, 4.69) is 6.92 Å². The molecule has 0 fully saturated rings. The molecule has 2 aromatic rings. The highest BCUT2D eigenvalue weighted by atomic mass is 16.5. The van der Waals surface area contributed by atoms with Gasteiger partial charge in [-0.25, -0.2) is 4.79 Å². The molecule has 0 bridgehead atoms. The third-order valence-electron chi connectivity index (χ3n) is 3.74. The van der Waals surface area contributed by atoms with Crippen LogP contribution in [-0.4, -0.2) is 24.7 Å². The third-order valence-corrected chi connectivity index (χ3v) is 3.74. The number of carboxylic acid groups (broad SMARTS) is 1. The Balaban J connectivity index is 1.99. The summed E-state index contributed by atoms with van der Waals surface area (Å²) in [4.78, 5) is 12.9. The van der Waals surface area contributed by atoms with Crippen molar-refractivity contribution in [3.8, 4) is 5.75 Å². The van der Waals surface area contributed by atoms with E-state index in [4.69, 9.17) is 9.84 Å². The predicted octanol–water partition coefficient (Wildman–Crippen LogP) is 4.72. The van der Waals surface area contributed by atoms with E-state index in [1.165, 1.54) is 12.8 Å². The van der Waals surface area contributed by atoms with Crippen molar-refractivity contribution in [3.05, 3.63) is 54.1 Å². The molecule has 4 nitrogen and oxygen atoms in total. The molecule has 2 aromatic carbocycles. The fourth-order valence-electron chi connectivity index (χ4n) is 2.28. The molecule has 122 valence electrons. The van der Waals surface area contributed by atoms with E-state index in [-0.39, 0.29) is 5.56 Å². The standard InChI is InChI=1S/C19H23NO3/c1-3-4-5-14-23-18-12-10-17(11-13-18)20(2)16-8-6-15(7-9-16)19(21)22/h6-13H,3-5,14H2,1-2H3,(H,21,22). The Morgan fingerprint density at radius 1 is 1.00 bits per heavy atom. The summed E-state index contributed by atoms with van der Waals surface area (Å²) >= 11 is 0. The highest BCUT2D eigenvalue weighted by Gasteiger charge is 2.06. The summed E-state index contributed by atoms with van der Waals surface area (Å²) in [6.45, 7) is 2.92. The van der Waals surface area contributed by atoms with Crippen molar-refractivity contribution in [3.63, 3.8) is 0 Å². The van der Waals surface area contributed by atoms with Crippen LogP contribution >= 0.6 is 0 Å². The lowest BCUT2D eigenvalue weighted by atomic mass is 10.2. The maximum absolute atomic E-state index is 10.9. The quantitative estimate of drug-likeness (QED) is 0.716. The normalized spacial score (nSPS) is 10.3. The molecule has 0 amide bonds. The number of hydrogen-bond acceptors (Lipinski definition) is 3. The van der Waals surface area contributed by atoms with Crippen molar-refractivity contribution in [1.29, 1.82) is 0 Å². The number of carboxylic acids is 1. The summed E-state index contributed by atoms with van der Waals surface area (Å²) in [5, 5.41) is 8.94. The van der Waals surface area contributed by atoms with E-state index in [9.17, 15) is 4.79 Å². The molecule has 0 heterocycles. The number of aromatic carboxylic acids is 1. The summed E-state index contributed by atoms with van der Waals surface area (Å²) < 4.78 is 5.71. The van der Waals surface area contributed by atoms with Crippen LogP contribution in [0.4, 0.5) is 11.4 Å². The Kier molecular flexibility index (Phi) is 6.03. The molecular weight excluding hydrogens is 290 g/mol. The SMILES string of the molecule is CCCCCOc1ccc(N(C)c2ccc(C(=O)O)cc2)cc1. The molecule has 1 N–H and O–H groups in total. The Hall–Kier alpha value is -2.49. The lowest BCUT2D eigenvalue weighted by Crippen LogP contribution is -2.09. The van der Waals surface area contributed by atoms with Crippen molar-refractivity contribution in [2.24, 2.45) is 0 Å². The Bertz CT molecular complexity index is 620. The van der Waals surface area contributed by atoms with Gasteiger partial charge >= 0.3 is 5.97 Å². The first-order valence-electron chi connectivity index (χ1n) is 7.91. The van der Waals surface area contributed by atoms with Crippen LogP contribution in [0.3, 0.4) is 0 Å². The Morgan fingerprint density at radius 3 is 2.09 bits per heavy atom. The van der Waals surface area contributed by atoms with E-state index >= 15 is 0 Å². The first-order chi connectivity index (χ1) is 11.1. The maximum atomic E-state index is 10.9. The van der Waals surface area contributed by atoms with Crippen molar-refractivity contribution in [1.82, 2.24) is 0 Å². The number of benzene rings is 2. The molecule has 0 unspecified atom stereocenters. The smallest absolute Gasteiger partial charge is 0.335 e. The molecule has 0 aliphatic carbocycles. The molecule has 0 saturated heterocycles. The lowest BCUT2D eigenvalue weighted by molar-refractivity contribution is 0.0697. The minimum absolute atomic E-state index is 0.290. The predicted molar refractivity (Wildman–Crippen MR) is 92.9 cm³/mol. The Labute approximate surface area is 137 Å². The van der Waals surface area contributed by atoms with Gasteiger partial charge in [0, 0.05) is 18.4 Å². The number of hydrogen-bond donors (Lipinski definition) is 1. The minimum atomic E-state index is -0.913. The fourth-order valence-corrected chi connectivity index (χ4v) is 2.28. The summed E-state index contributed by atoms with van der Waals surface area (Å²) in [7, 11) is 1.95. The maximum Gasteiger partial charge on any atom is 0.335 e. The first kappa shape index (κ1) is 16.9. The van der Waals surface area contributed by atoms with Gasteiger partial charge in [-0.05, 0) is 55.0 Å². The number of anilines is 2. The van der Waals surface area contributed by atoms with Crippen LogP contribution in [0.1, 0.15) is 36.5 Å². The zero-order chi connectivity index (χ0) is 16.7. The molecule has 23 heavy (non-hydrogen) atoms. The van der Waals surface area contributed by atoms with Crippen molar-refractivity contribution in [2.45, 2.75) is 26.2 Å². The highest BCUT2D eigenvalue weighted by molar-refractivity contribution is 5.88. The second-order valence-electron chi connectivity index (χ2n) is 5.46. The van der Waals surface area contributed by atoms with Gasteiger partial charge in [-0.1, -0.05) is 19.8 Å². The van der Waals surface area contributed by atoms with Crippen LogP contribution < -0.4 is 9.64 Å². The van der Waals surface area contributed by atoms with Crippen LogP contribution in [0.15, 0.2) is 48.5 Å². The van der Waals surface area contributed by atoms with Crippen molar-refractivity contribution < 1.29 is 14.6 Å². The van der Waals surface area contributed by atoms with Gasteiger partial charge in [0.2, 0.25) is 0 Å². The number of ether oxygens (including phenoxy) is 1. The number of unbranched alkanes of at least 4 members (excludes halogenated alkanes) is 2. The number of nitrogens with zero attached hydrogens (tertiary/aromatic N) is 1. The van der Waals surface area contributed by atoms with Crippen LogP contribution in [0, 0.1) is 0 Å². The fraction of sp³-hybridized carbons (Fsp3) is 0.316. The summed E-state index contributed by atoms with van der Waals surface area (Å²) in [6, 6.07) is 14.8. The number of carbonyl (C=O) groups is 1. The molecule has 0 spiro atoms. The van der Waals surface area contributed by atoms with Gasteiger partial charge in [0.25, 0.3) is 0 Å². The topological polar surface area (TPSA) is 49.8 Å². The second-order valence-corrected chi connectivity index (χ2v) is 5.46. The summed E-state index contributed by atoms with van der Waals surface area (Å²) in [5.41, 5.74) is 2.25. The molecule has 4 heteroatoms. The van der Waals surface area contributed by atoms with Gasteiger partial charge in [0.05, 0.1) is 12.2 Å². The molecule has 0 aliphatic rings. The van der Waals surface area contributed by atoms with Crippen molar-refractivity contribution in [2.75, 3.05) is 18.6 Å². The van der Waals surface area contributed by atoms with E-state index in [1.807, 2.05) is 36.2 Å². The lowest BCUT2D eigenvalue weighted by Gasteiger charge is -2.20. The van der Waals surface area contributed by atoms with Gasteiger partial charge in [-0.15, -0.1) is 0 Å². The molecule has 0 atom stereocenters. The molecule has 2 rings (SSSR count). The van der Waals surface area contributed by atoms with Crippen LogP contribution in [0.25, 0.3) is 0 Å². The number of rotatable bonds is 8. The van der Waals surface area contributed by atoms with E-state index in [0.717, 1.165) is 30.2 Å². The van der Waals surface area contributed by atoms with Gasteiger partial charge in [-0.3, -0.25) is 0 Å². The van der Waals surface area contributed by atoms with E-state index in [1.54, 1.807) is 24.3 Å². The second kappa shape index (κ2) is 8.22. The molecule has 0 aromatic heterocycles. The molecular formula is C19H23NO3. The van der Waals surface area contributed by atoms with Gasteiger partial charge in [0.1, 0.15) is 5.75 Å². The van der Waals surface area contributed by atoms with Gasteiger partial charge in [0.15, 0.2) is 0 Å². The van der Waals surface area contributed by atoms with E-state index < -0.39 is 5.97 Å². The average molecular weight is 313 g/mol. The molecule has 0 aliphatic heterocycles. The monoisotopic (exact) mass is 313 g/mol. The van der Waals surface area contributed by atoms with Gasteiger partial charge < -0.3 is 14.7 Å². The van der Waals surface area contributed by atoms with Crippen LogP contribution in [-0.2, 0) is 0 Å². The minimum Gasteiger partial charge on any atom is -0.494 e.